The molecule has 0 saturated carbocycles. The van der Waals surface area contributed by atoms with Crippen LogP contribution in [0.25, 0.3) is 38.8 Å². The van der Waals surface area contributed by atoms with Crippen molar-refractivity contribution in [2.45, 2.75) is 76.5 Å². The molecule has 2 saturated heterocycles. The van der Waals surface area contributed by atoms with Gasteiger partial charge in [-0.25, -0.2) is 36.4 Å². The number of aromatic amines is 2. The minimum absolute atomic E-state index is 0.00614. The van der Waals surface area contributed by atoms with Gasteiger partial charge in [-0.1, -0.05) is 49.4 Å². The molecular formula is C55H72N10O10S4. The Bertz CT molecular complexity index is 3360. The van der Waals surface area contributed by atoms with Crippen molar-refractivity contribution in [3.63, 3.8) is 0 Å². The van der Waals surface area contributed by atoms with E-state index in [2.05, 4.69) is 76.9 Å². The number of piperazine rings is 2. The van der Waals surface area contributed by atoms with Crippen LogP contribution in [0.2, 0.25) is 0 Å². The number of carbonyl (C=O) groups excluding carboxylic acids is 4. The first-order valence-corrected chi connectivity index (χ1v) is 32.9. The average molecular weight is 1160 g/mol. The number of amides is 4. The number of aromatic nitrogens is 4. The molecule has 4 amide bonds. The van der Waals surface area contributed by atoms with Gasteiger partial charge in [-0.3, -0.25) is 9.59 Å². The number of ether oxygens (including phenoxy) is 2. The summed E-state index contributed by atoms with van der Waals surface area (Å²) < 4.78 is 63.9. The van der Waals surface area contributed by atoms with Crippen LogP contribution in [0.3, 0.4) is 0 Å². The number of methoxy groups -OCH3 is 2. The number of sulfonamides is 2. The number of thioether (sulfide) groups is 2. The van der Waals surface area contributed by atoms with Gasteiger partial charge in [0.15, 0.2) is 0 Å². The summed E-state index contributed by atoms with van der Waals surface area (Å²) in [6.45, 7) is 4.76. The molecule has 0 radical (unpaired) electrons. The Morgan fingerprint density at radius 2 is 1.24 bits per heavy atom. The van der Waals surface area contributed by atoms with Crippen molar-refractivity contribution in [1.82, 2.24) is 49.0 Å². The number of carbonyl (C=O) groups is 4. The van der Waals surface area contributed by atoms with Crippen LogP contribution in [0.15, 0.2) is 72.3 Å². The molecule has 2 fully saturated rings. The van der Waals surface area contributed by atoms with Gasteiger partial charge in [-0.05, 0) is 139 Å². The highest BCUT2D eigenvalue weighted by atomic mass is 32.2. The molecule has 4 N–H and O–H groups in total. The van der Waals surface area contributed by atoms with E-state index in [-0.39, 0.29) is 57.0 Å². The highest BCUT2D eigenvalue weighted by Crippen LogP contribution is 2.35. The van der Waals surface area contributed by atoms with E-state index in [0.717, 1.165) is 77.1 Å². The summed E-state index contributed by atoms with van der Waals surface area (Å²) in [7, 11) is -4.72. The predicted molar refractivity (Wildman–Crippen MR) is 312 cm³/mol. The molecular weight excluding hydrogens is 1090 g/mol. The number of aryl methyl sites for hydroxylation is 2. The normalized spacial score (nSPS) is 20.7. The largest absolute Gasteiger partial charge is 0.453 e. The zero-order chi connectivity index (χ0) is 56.8. The number of fused-ring (bicyclic) bond motifs is 10. The molecule has 79 heavy (non-hydrogen) atoms. The lowest BCUT2D eigenvalue weighted by Gasteiger charge is -2.40. The van der Waals surface area contributed by atoms with E-state index in [4.69, 9.17) is 19.4 Å². The maximum absolute atomic E-state index is 14.2. The molecule has 20 nitrogen and oxygen atoms in total. The summed E-state index contributed by atoms with van der Waals surface area (Å²) in [4.78, 5) is 73.2. The summed E-state index contributed by atoms with van der Waals surface area (Å²) >= 11 is 3.09. The lowest BCUT2D eigenvalue weighted by Crippen LogP contribution is -2.57. The maximum atomic E-state index is 14.2. The third kappa shape index (κ3) is 14.2. The first-order valence-electron chi connectivity index (χ1n) is 26.4. The molecule has 4 heterocycles. The molecule has 3 aromatic carbocycles. The fraction of sp³-hybridized carbons (Fsp3) is 0.491. The fourth-order valence-corrected chi connectivity index (χ4v) is 13.2. The fourth-order valence-electron chi connectivity index (χ4n) is 10.6. The third-order valence-corrected chi connectivity index (χ3v) is 19.0. The van der Waals surface area contributed by atoms with Gasteiger partial charge in [0, 0.05) is 39.3 Å². The van der Waals surface area contributed by atoms with Gasteiger partial charge >= 0.3 is 12.2 Å². The Balaban J connectivity index is 1.07. The van der Waals surface area contributed by atoms with Crippen molar-refractivity contribution >= 4 is 95.2 Å². The lowest BCUT2D eigenvalue weighted by atomic mass is 9.88. The minimum Gasteiger partial charge on any atom is -0.453 e. The van der Waals surface area contributed by atoms with Crippen LogP contribution < -0.4 is 10.6 Å². The zero-order valence-corrected chi connectivity index (χ0v) is 49.3. The van der Waals surface area contributed by atoms with Gasteiger partial charge in [0.25, 0.3) is 0 Å². The highest BCUT2D eigenvalue weighted by Gasteiger charge is 2.41. The second-order valence-corrected chi connectivity index (χ2v) is 26.4. The Hall–Kier alpha value is -5.92. The highest BCUT2D eigenvalue weighted by molar-refractivity contribution is 7.98. The van der Waals surface area contributed by atoms with Crippen LogP contribution in [0.1, 0.15) is 80.0 Å². The number of nitrogens with one attached hydrogen (secondary N) is 4. The molecule has 0 spiro atoms. The SMILES string of the molecule is COC(=O)N[C@@H](CCSC)C(=O)N1CCN(S(C)(=O)=O)C[C@H]1c1nc2ccc(/C(C)=C3/C=C\[C@H](C)CCc4ccc(cc4-c4ccc5nc([C@@H]6CN(S(C)(=O)=O)CCN6C(=O)[C@H](CCSC)NC(=O)OC)[nH]c5c4)CC3)cc2[nH]1. The number of hydrogen-bond donors (Lipinski definition) is 4. The first-order chi connectivity index (χ1) is 37.7. The molecule has 0 unspecified atom stereocenters. The maximum Gasteiger partial charge on any atom is 0.407 e. The van der Waals surface area contributed by atoms with Gasteiger partial charge in [0.2, 0.25) is 31.9 Å². The molecule has 24 heteroatoms. The second-order valence-electron chi connectivity index (χ2n) is 20.5. The quantitative estimate of drug-likeness (QED) is 0.0785. The monoisotopic (exact) mass is 1160 g/mol. The van der Waals surface area contributed by atoms with Crippen LogP contribution in [-0.4, -0.2) is 181 Å². The van der Waals surface area contributed by atoms with Gasteiger partial charge < -0.3 is 39.9 Å². The smallest absolute Gasteiger partial charge is 0.407 e. The van der Waals surface area contributed by atoms with Crippen LogP contribution in [0, 0.1) is 5.92 Å². The number of alkyl carbamates (subject to hydrolysis) is 2. The van der Waals surface area contributed by atoms with Crippen molar-refractivity contribution < 1.29 is 45.5 Å². The number of H-pyrrole nitrogens is 2. The van der Waals surface area contributed by atoms with Gasteiger partial charge in [0.05, 0.1) is 48.8 Å². The molecule has 2 aliphatic heterocycles. The lowest BCUT2D eigenvalue weighted by molar-refractivity contribution is -0.138. The van der Waals surface area contributed by atoms with E-state index in [1.165, 1.54) is 34.0 Å². The number of allylic oxidation sites excluding steroid dienone is 4. The predicted octanol–water partition coefficient (Wildman–Crippen LogP) is 6.90. The van der Waals surface area contributed by atoms with Gasteiger partial charge in [-0.15, -0.1) is 0 Å². The molecule has 426 valence electrons. The minimum atomic E-state index is -3.61. The topological polar surface area (TPSA) is 249 Å². The number of hydrogen-bond acceptors (Lipinski definition) is 14. The summed E-state index contributed by atoms with van der Waals surface area (Å²) in [5, 5.41) is 5.37. The van der Waals surface area contributed by atoms with Crippen LogP contribution >= 0.6 is 23.5 Å². The first kappa shape index (κ1) is 59.2. The Morgan fingerprint density at radius 3 is 1.76 bits per heavy atom. The van der Waals surface area contributed by atoms with E-state index in [1.54, 1.807) is 33.3 Å². The van der Waals surface area contributed by atoms with Crippen molar-refractivity contribution in [1.29, 1.82) is 0 Å². The summed E-state index contributed by atoms with van der Waals surface area (Å²) in [6, 6.07) is 15.5. The van der Waals surface area contributed by atoms with Crippen LogP contribution in [-0.2, 0) is 52.0 Å². The summed E-state index contributed by atoms with van der Waals surface area (Å²) in [6.07, 6.45) is 13.2. The Morgan fingerprint density at radius 1 is 0.709 bits per heavy atom. The molecule has 2 aliphatic carbocycles. The zero-order valence-electron chi connectivity index (χ0n) is 46.0. The van der Waals surface area contributed by atoms with E-state index in [0.29, 0.717) is 47.0 Å². The van der Waals surface area contributed by atoms with Crippen molar-refractivity contribution in [2.75, 3.05) is 90.0 Å². The van der Waals surface area contributed by atoms with E-state index >= 15 is 0 Å². The molecule has 2 aromatic heterocycles. The van der Waals surface area contributed by atoms with Crippen LogP contribution in [0.4, 0.5) is 9.59 Å². The summed E-state index contributed by atoms with van der Waals surface area (Å²) in [5.41, 5.74) is 10.5. The second kappa shape index (κ2) is 25.7. The van der Waals surface area contributed by atoms with Gasteiger partial charge in [-0.2, -0.15) is 32.1 Å². The van der Waals surface area contributed by atoms with Crippen LogP contribution in [0.5, 0.6) is 0 Å². The molecule has 5 aromatic rings. The molecule has 9 rings (SSSR count). The number of nitrogens with zero attached hydrogens (tertiary/aromatic N) is 6. The number of rotatable bonds is 16. The number of imidazole rings is 2. The third-order valence-electron chi connectivity index (χ3n) is 15.2. The standard InChI is InChI=1S/C55H72N10O10S4/c1-34-9-13-37(35(2)39-17-19-42-46(30-39)58-50(56-42)48-32-62(78(7,70)71)23-25-64(48)52(66)44(21-27-76-5)60-54(68)74-3)15-11-36-12-16-38(14-10-34)41(29-36)40-18-20-43-47(31-40)59-51(57-43)49-33-63(79(8,72)73)24-26-65(49)53(67)45(22-28-77-6)61-55(69)75-4/h9,12-13,16-20,29-31,34,44-45,48-49H,10-11,14-15,21-28,32-33H2,1-8H3,(H,56,58)(H,57,59)(H,60,68)(H,61,69)/b13-9-,37-35-/t34-,44-,45-,48-,49-/m0/s1. The van der Waals surface area contributed by atoms with Crippen molar-refractivity contribution in [3.8, 4) is 11.1 Å². The van der Waals surface area contributed by atoms with Crippen molar-refractivity contribution in [2.24, 2.45) is 5.92 Å². The van der Waals surface area contributed by atoms with Gasteiger partial charge in [0.1, 0.15) is 35.8 Å². The van der Waals surface area contributed by atoms with E-state index < -0.39 is 56.4 Å². The molecule has 2 bridgehead atoms. The van der Waals surface area contributed by atoms with E-state index in [1.807, 2.05) is 36.8 Å². The Kier molecular flexibility index (Phi) is 19.2. The molecule has 5 atom stereocenters. The van der Waals surface area contributed by atoms with E-state index in [9.17, 15) is 36.0 Å². The van der Waals surface area contributed by atoms with Crippen molar-refractivity contribution in [3.05, 3.63) is 101 Å². The molecule has 4 aliphatic rings. The Labute approximate surface area is 471 Å². The summed E-state index contributed by atoms with van der Waals surface area (Å²) in [5.74, 6) is 1.66. The average Bonchev–Trinajstić information content (AvgIpc) is 4.23. The number of benzene rings is 3.